The number of hydrogen-bond donors (Lipinski definition) is 1. The molecule has 1 amide bonds. The molecule has 22 heavy (non-hydrogen) atoms. The Hall–Kier alpha value is -1.76. The van der Waals surface area contributed by atoms with Crippen LogP contribution >= 0.6 is 0 Å². The second kappa shape index (κ2) is 7.00. The number of nitrogens with zero attached hydrogens (tertiary/aromatic N) is 1. The van der Waals surface area contributed by atoms with Crippen molar-refractivity contribution in [3.8, 4) is 5.75 Å². The van der Waals surface area contributed by atoms with Gasteiger partial charge in [-0.25, -0.2) is 0 Å². The number of alkyl halides is 3. The van der Waals surface area contributed by atoms with Crippen LogP contribution in [0.25, 0.3) is 0 Å². The molecule has 0 aliphatic carbocycles. The topological polar surface area (TPSA) is 41.6 Å². The Morgan fingerprint density at radius 3 is 2.91 bits per heavy atom. The van der Waals surface area contributed by atoms with Crippen LogP contribution < -0.4 is 10.1 Å². The van der Waals surface area contributed by atoms with Crippen LogP contribution in [0.15, 0.2) is 24.3 Å². The maximum absolute atomic E-state index is 12.2. The van der Waals surface area contributed by atoms with Crippen molar-refractivity contribution in [3.63, 3.8) is 0 Å². The Morgan fingerprint density at radius 2 is 2.23 bits per heavy atom. The number of nitrogens with one attached hydrogen (secondary N) is 1. The molecule has 1 aliphatic rings. The molecule has 1 N–H and O–H groups in total. The molecule has 1 heterocycles. The lowest BCUT2D eigenvalue weighted by atomic mass is 10.0. The first-order valence-corrected chi connectivity index (χ1v) is 7.16. The van der Waals surface area contributed by atoms with E-state index in [0.29, 0.717) is 13.1 Å². The Labute approximate surface area is 127 Å². The van der Waals surface area contributed by atoms with Crippen molar-refractivity contribution in [1.29, 1.82) is 0 Å². The average molecular weight is 316 g/mol. The number of rotatable bonds is 4. The van der Waals surface area contributed by atoms with E-state index < -0.39 is 6.36 Å². The number of hydrogen-bond acceptors (Lipinski definition) is 3. The van der Waals surface area contributed by atoms with Crippen LogP contribution in [0.2, 0.25) is 0 Å². The third-order valence-corrected chi connectivity index (χ3v) is 3.45. The van der Waals surface area contributed by atoms with Gasteiger partial charge in [-0.05, 0) is 37.1 Å². The molecule has 1 aromatic carbocycles. The zero-order valence-electron chi connectivity index (χ0n) is 12.3. The zero-order chi connectivity index (χ0) is 16.2. The molecule has 122 valence electrons. The molecule has 0 bridgehead atoms. The first-order valence-electron chi connectivity index (χ1n) is 7.16. The number of carbonyl (C=O) groups excluding carboxylic acids is 1. The number of piperidine rings is 1. The first-order chi connectivity index (χ1) is 10.3. The van der Waals surface area contributed by atoms with Crippen LogP contribution in [0.3, 0.4) is 0 Å². The summed E-state index contributed by atoms with van der Waals surface area (Å²) in [5.41, 5.74) is 0.755. The summed E-state index contributed by atoms with van der Waals surface area (Å²) in [4.78, 5) is 13.2. The number of halogens is 3. The van der Waals surface area contributed by atoms with Crippen molar-refractivity contribution < 1.29 is 22.7 Å². The largest absolute Gasteiger partial charge is 0.573 e. The fourth-order valence-corrected chi connectivity index (χ4v) is 2.70. The van der Waals surface area contributed by atoms with Crippen LogP contribution in [-0.2, 0) is 11.3 Å². The maximum Gasteiger partial charge on any atom is 0.573 e. The molecule has 1 aliphatic heterocycles. The smallest absolute Gasteiger partial charge is 0.406 e. The molecule has 7 heteroatoms. The molecular formula is C15H19F3N2O2. The zero-order valence-corrected chi connectivity index (χ0v) is 12.3. The lowest BCUT2D eigenvalue weighted by molar-refractivity contribution is -0.274. The fraction of sp³-hybridized carbons (Fsp3) is 0.533. The monoisotopic (exact) mass is 316 g/mol. The Bertz CT molecular complexity index is 520. The molecule has 0 aromatic heterocycles. The van der Waals surface area contributed by atoms with E-state index in [2.05, 4.69) is 15.0 Å². The highest BCUT2D eigenvalue weighted by Gasteiger charge is 2.31. The van der Waals surface area contributed by atoms with Crippen molar-refractivity contribution in [2.75, 3.05) is 13.1 Å². The van der Waals surface area contributed by atoms with E-state index in [0.717, 1.165) is 24.9 Å². The summed E-state index contributed by atoms with van der Waals surface area (Å²) in [5.74, 6) is -0.271. The molecule has 4 nitrogen and oxygen atoms in total. The highest BCUT2D eigenvalue weighted by molar-refractivity contribution is 5.73. The van der Waals surface area contributed by atoms with Gasteiger partial charge in [-0.1, -0.05) is 12.1 Å². The van der Waals surface area contributed by atoms with Crippen molar-refractivity contribution in [2.45, 2.75) is 38.7 Å². The minimum absolute atomic E-state index is 0.0626. The van der Waals surface area contributed by atoms with Gasteiger partial charge in [0.05, 0.1) is 0 Å². The summed E-state index contributed by atoms with van der Waals surface area (Å²) < 4.78 is 40.6. The van der Waals surface area contributed by atoms with Crippen molar-refractivity contribution >= 4 is 5.91 Å². The van der Waals surface area contributed by atoms with Crippen LogP contribution in [0, 0.1) is 0 Å². The predicted molar refractivity (Wildman–Crippen MR) is 75.2 cm³/mol. The Kier molecular flexibility index (Phi) is 5.28. The Balaban J connectivity index is 1.95. The predicted octanol–water partition coefficient (Wildman–Crippen LogP) is 2.69. The molecule has 1 unspecified atom stereocenters. The van der Waals surface area contributed by atoms with Crippen LogP contribution in [-0.4, -0.2) is 36.3 Å². The van der Waals surface area contributed by atoms with Gasteiger partial charge in [0.25, 0.3) is 0 Å². The number of benzene rings is 1. The molecular weight excluding hydrogens is 297 g/mol. The Morgan fingerprint density at radius 1 is 1.45 bits per heavy atom. The van der Waals surface area contributed by atoms with E-state index in [1.807, 2.05) is 0 Å². The van der Waals surface area contributed by atoms with Gasteiger partial charge in [0.2, 0.25) is 5.91 Å². The lowest BCUT2D eigenvalue weighted by Crippen LogP contribution is -2.46. The molecule has 2 rings (SSSR count). The van der Waals surface area contributed by atoms with Crippen LogP contribution in [0.5, 0.6) is 5.75 Å². The first kappa shape index (κ1) is 16.6. The highest BCUT2D eigenvalue weighted by atomic mass is 19.4. The van der Waals surface area contributed by atoms with Crippen molar-refractivity contribution in [1.82, 2.24) is 10.2 Å². The molecule has 0 radical (unpaired) electrons. The molecule has 0 saturated carbocycles. The molecule has 1 fully saturated rings. The van der Waals surface area contributed by atoms with E-state index in [4.69, 9.17) is 0 Å². The summed E-state index contributed by atoms with van der Waals surface area (Å²) in [7, 11) is 0. The van der Waals surface area contributed by atoms with Gasteiger partial charge in [0, 0.05) is 26.1 Å². The second-order valence-electron chi connectivity index (χ2n) is 5.47. The SMILES string of the molecule is CC(=O)NC1CCCN(Cc2cccc(OC(F)(F)F)c2)C1. The van der Waals surface area contributed by atoms with Crippen molar-refractivity contribution in [2.24, 2.45) is 0 Å². The van der Waals surface area contributed by atoms with Gasteiger partial charge in [0.15, 0.2) is 0 Å². The van der Waals surface area contributed by atoms with Gasteiger partial charge in [-0.15, -0.1) is 13.2 Å². The molecule has 0 spiro atoms. The fourth-order valence-electron chi connectivity index (χ4n) is 2.70. The highest BCUT2D eigenvalue weighted by Crippen LogP contribution is 2.24. The van der Waals surface area contributed by atoms with Gasteiger partial charge >= 0.3 is 6.36 Å². The summed E-state index contributed by atoms with van der Waals surface area (Å²) in [6, 6.07) is 6.10. The average Bonchev–Trinajstić information content (AvgIpc) is 2.36. The van der Waals surface area contributed by atoms with Gasteiger partial charge < -0.3 is 10.1 Å². The van der Waals surface area contributed by atoms with E-state index >= 15 is 0 Å². The molecule has 1 aromatic rings. The molecule has 1 atom stereocenters. The quantitative estimate of drug-likeness (QED) is 0.928. The lowest BCUT2D eigenvalue weighted by Gasteiger charge is -2.33. The number of amides is 1. The van der Waals surface area contributed by atoms with Crippen LogP contribution in [0.1, 0.15) is 25.3 Å². The summed E-state index contributed by atoms with van der Waals surface area (Å²) in [6.07, 6.45) is -2.81. The van der Waals surface area contributed by atoms with Gasteiger partial charge in [0.1, 0.15) is 5.75 Å². The third-order valence-electron chi connectivity index (χ3n) is 3.45. The van der Waals surface area contributed by atoms with Crippen molar-refractivity contribution in [3.05, 3.63) is 29.8 Å². The van der Waals surface area contributed by atoms with E-state index in [9.17, 15) is 18.0 Å². The third kappa shape index (κ3) is 5.55. The minimum Gasteiger partial charge on any atom is -0.406 e. The maximum atomic E-state index is 12.2. The summed E-state index contributed by atoms with van der Waals surface area (Å²) in [6.45, 7) is 3.58. The normalized spacial score (nSPS) is 19.7. The van der Waals surface area contributed by atoms with Crippen LogP contribution in [0.4, 0.5) is 13.2 Å². The minimum atomic E-state index is -4.68. The summed E-state index contributed by atoms with van der Waals surface area (Å²) in [5, 5.41) is 2.89. The standard InChI is InChI=1S/C15H19F3N2O2/c1-11(21)19-13-5-3-7-20(10-13)9-12-4-2-6-14(8-12)22-15(16,17)18/h2,4,6,8,13H,3,5,7,9-10H2,1H3,(H,19,21). The summed E-state index contributed by atoms with van der Waals surface area (Å²) >= 11 is 0. The van der Waals surface area contributed by atoms with E-state index in [-0.39, 0.29) is 17.7 Å². The number of carbonyl (C=O) groups is 1. The second-order valence-corrected chi connectivity index (χ2v) is 5.47. The molecule has 1 saturated heterocycles. The van der Waals surface area contributed by atoms with E-state index in [1.165, 1.54) is 19.1 Å². The van der Waals surface area contributed by atoms with Gasteiger partial charge in [-0.3, -0.25) is 9.69 Å². The van der Waals surface area contributed by atoms with Gasteiger partial charge in [-0.2, -0.15) is 0 Å². The van der Waals surface area contributed by atoms with E-state index in [1.54, 1.807) is 12.1 Å². The number of likely N-dealkylation sites (tertiary alicyclic amines) is 1. The number of ether oxygens (including phenoxy) is 1.